The maximum Gasteiger partial charge on any atom is 0.0902 e. The van der Waals surface area contributed by atoms with Crippen LogP contribution in [0.5, 0.6) is 0 Å². The molecule has 0 radical (unpaired) electrons. The maximum atomic E-state index is 10.3. The van der Waals surface area contributed by atoms with Crippen molar-refractivity contribution in [2.75, 3.05) is 19.6 Å². The Bertz CT molecular complexity index is 240. The molecule has 0 unspecified atom stereocenters. The highest BCUT2D eigenvalue weighted by molar-refractivity contribution is 4.99. The molecule has 0 aromatic rings. The van der Waals surface area contributed by atoms with E-state index in [2.05, 4.69) is 18.7 Å². The Kier molecular flexibility index (Phi) is 3.30. The molecule has 1 saturated carbocycles. The van der Waals surface area contributed by atoms with Gasteiger partial charge in [-0.05, 0) is 25.2 Å². The highest BCUT2D eigenvalue weighted by Gasteiger charge is 2.44. The first-order valence-corrected chi connectivity index (χ1v) is 6.58. The molecule has 0 atom stereocenters. The van der Waals surface area contributed by atoms with Gasteiger partial charge in [-0.3, -0.25) is 4.90 Å². The van der Waals surface area contributed by atoms with Crippen molar-refractivity contribution in [3.63, 3.8) is 0 Å². The van der Waals surface area contributed by atoms with Crippen molar-refractivity contribution in [3.8, 4) is 0 Å². The molecular weight excluding hydrogens is 202 g/mol. The summed E-state index contributed by atoms with van der Waals surface area (Å²) in [5.41, 5.74) is -0.942. The molecule has 1 saturated heterocycles. The van der Waals surface area contributed by atoms with E-state index in [0.717, 1.165) is 51.7 Å². The van der Waals surface area contributed by atoms with Gasteiger partial charge in [-0.1, -0.05) is 26.7 Å². The van der Waals surface area contributed by atoms with Crippen LogP contribution in [0.1, 0.15) is 46.0 Å². The summed E-state index contributed by atoms with van der Waals surface area (Å²) in [5.74, 6) is 0.543. The number of hydrogen-bond acceptors (Lipinski definition) is 3. The van der Waals surface area contributed by atoms with Gasteiger partial charge in [0.15, 0.2) is 0 Å². The first-order valence-electron chi connectivity index (χ1n) is 6.58. The number of β-amino-alcohol motifs (C(OH)–C–C–N with tert-alkyl or cyclic N) is 2. The molecule has 0 aromatic heterocycles. The predicted octanol–water partition coefficient (Wildman–Crippen LogP) is 1.38. The molecule has 0 amide bonds. The van der Waals surface area contributed by atoms with Crippen LogP contribution in [0.3, 0.4) is 0 Å². The summed E-state index contributed by atoms with van der Waals surface area (Å²) < 4.78 is 0. The summed E-state index contributed by atoms with van der Waals surface area (Å²) in [7, 11) is 0. The molecule has 2 aliphatic rings. The lowest BCUT2D eigenvalue weighted by molar-refractivity contribution is -0.132. The van der Waals surface area contributed by atoms with E-state index in [9.17, 15) is 10.2 Å². The minimum atomic E-state index is -0.483. The van der Waals surface area contributed by atoms with Crippen LogP contribution in [0.4, 0.5) is 0 Å². The van der Waals surface area contributed by atoms with Gasteiger partial charge in [-0.2, -0.15) is 0 Å². The molecule has 2 N–H and O–H groups in total. The topological polar surface area (TPSA) is 43.7 Å². The summed E-state index contributed by atoms with van der Waals surface area (Å²) in [6.45, 7) is 6.53. The minimum absolute atomic E-state index is 0.459. The molecule has 3 nitrogen and oxygen atoms in total. The summed E-state index contributed by atoms with van der Waals surface area (Å²) in [6.07, 6.45) is 5.06. The zero-order valence-electron chi connectivity index (χ0n) is 10.6. The summed E-state index contributed by atoms with van der Waals surface area (Å²) in [5, 5.41) is 20.4. The van der Waals surface area contributed by atoms with Crippen LogP contribution in [0, 0.1) is 5.92 Å². The largest absolute Gasteiger partial charge is 0.389 e. The average molecular weight is 227 g/mol. The van der Waals surface area contributed by atoms with Gasteiger partial charge in [0.1, 0.15) is 0 Å². The van der Waals surface area contributed by atoms with Crippen LogP contribution in [0.15, 0.2) is 0 Å². The Morgan fingerprint density at radius 2 is 1.62 bits per heavy atom. The molecule has 3 heteroatoms. The van der Waals surface area contributed by atoms with Crippen molar-refractivity contribution in [1.29, 1.82) is 0 Å². The van der Waals surface area contributed by atoms with Crippen molar-refractivity contribution < 1.29 is 10.2 Å². The quantitative estimate of drug-likeness (QED) is 0.762. The van der Waals surface area contributed by atoms with E-state index in [1.165, 1.54) is 0 Å². The van der Waals surface area contributed by atoms with Gasteiger partial charge in [0.2, 0.25) is 0 Å². The van der Waals surface area contributed by atoms with E-state index >= 15 is 0 Å². The summed E-state index contributed by atoms with van der Waals surface area (Å²) in [6, 6.07) is 0. The second-order valence-electron chi connectivity index (χ2n) is 6.40. The number of rotatable bonds is 4. The standard InChI is InChI=1S/C13H25NO2/c1-11(2)7-13(16)9-14(10-13)8-12(15)5-3-4-6-12/h11,15-16H,3-10H2,1-2H3. The molecule has 2 rings (SSSR count). The highest BCUT2D eigenvalue weighted by atomic mass is 16.3. The van der Waals surface area contributed by atoms with E-state index in [1.54, 1.807) is 0 Å². The van der Waals surface area contributed by atoms with E-state index in [0.29, 0.717) is 5.92 Å². The third-order valence-corrected chi connectivity index (χ3v) is 3.88. The van der Waals surface area contributed by atoms with Crippen LogP contribution in [0.2, 0.25) is 0 Å². The van der Waals surface area contributed by atoms with Gasteiger partial charge in [-0.25, -0.2) is 0 Å². The van der Waals surface area contributed by atoms with E-state index in [4.69, 9.17) is 0 Å². The zero-order chi connectivity index (χ0) is 11.8. The van der Waals surface area contributed by atoms with Crippen LogP contribution in [0.25, 0.3) is 0 Å². The van der Waals surface area contributed by atoms with Gasteiger partial charge in [0.25, 0.3) is 0 Å². The summed E-state index contributed by atoms with van der Waals surface area (Å²) >= 11 is 0. The van der Waals surface area contributed by atoms with Gasteiger partial charge in [0, 0.05) is 19.6 Å². The average Bonchev–Trinajstić information content (AvgIpc) is 2.47. The Labute approximate surface area is 98.5 Å². The Morgan fingerprint density at radius 3 is 2.12 bits per heavy atom. The van der Waals surface area contributed by atoms with Crippen LogP contribution in [-0.4, -0.2) is 45.9 Å². The molecule has 94 valence electrons. The first kappa shape index (κ1) is 12.3. The SMILES string of the molecule is CC(C)CC1(O)CN(CC2(O)CCCC2)C1. The van der Waals surface area contributed by atoms with E-state index in [-0.39, 0.29) is 0 Å². The lowest BCUT2D eigenvalue weighted by atomic mass is 9.84. The normalized spacial score (nSPS) is 28.3. The van der Waals surface area contributed by atoms with Crippen LogP contribution >= 0.6 is 0 Å². The fourth-order valence-electron chi connectivity index (χ4n) is 3.39. The van der Waals surface area contributed by atoms with Crippen molar-refractivity contribution in [1.82, 2.24) is 4.90 Å². The van der Waals surface area contributed by atoms with E-state index in [1.807, 2.05) is 0 Å². The summed E-state index contributed by atoms with van der Waals surface area (Å²) in [4.78, 5) is 2.20. The fourth-order valence-corrected chi connectivity index (χ4v) is 3.39. The second kappa shape index (κ2) is 4.28. The first-order chi connectivity index (χ1) is 7.41. The van der Waals surface area contributed by atoms with Gasteiger partial charge < -0.3 is 10.2 Å². The monoisotopic (exact) mass is 227 g/mol. The molecule has 16 heavy (non-hydrogen) atoms. The molecule has 0 spiro atoms. The smallest absolute Gasteiger partial charge is 0.0902 e. The van der Waals surface area contributed by atoms with Gasteiger partial charge in [0.05, 0.1) is 11.2 Å². The van der Waals surface area contributed by atoms with E-state index < -0.39 is 11.2 Å². The molecule has 1 aliphatic carbocycles. The molecule has 1 aliphatic heterocycles. The molecule has 2 fully saturated rings. The lowest BCUT2D eigenvalue weighted by Gasteiger charge is -2.49. The maximum absolute atomic E-state index is 10.3. The molecule has 0 aromatic carbocycles. The number of likely N-dealkylation sites (tertiary alicyclic amines) is 1. The third-order valence-electron chi connectivity index (χ3n) is 3.88. The predicted molar refractivity (Wildman–Crippen MR) is 64.3 cm³/mol. The molecule has 1 heterocycles. The Morgan fingerprint density at radius 1 is 1.06 bits per heavy atom. The van der Waals surface area contributed by atoms with Crippen molar-refractivity contribution >= 4 is 0 Å². The van der Waals surface area contributed by atoms with Gasteiger partial charge >= 0.3 is 0 Å². The molecule has 0 bridgehead atoms. The fraction of sp³-hybridized carbons (Fsp3) is 1.00. The van der Waals surface area contributed by atoms with Gasteiger partial charge in [-0.15, -0.1) is 0 Å². The van der Waals surface area contributed by atoms with Crippen molar-refractivity contribution in [2.45, 2.75) is 57.2 Å². The number of hydrogen-bond donors (Lipinski definition) is 2. The third kappa shape index (κ3) is 2.76. The highest BCUT2D eigenvalue weighted by Crippen LogP contribution is 2.34. The zero-order valence-corrected chi connectivity index (χ0v) is 10.6. The lowest BCUT2D eigenvalue weighted by Crippen LogP contribution is -2.64. The Hall–Kier alpha value is -0.120. The Balaban J connectivity index is 1.75. The second-order valence-corrected chi connectivity index (χ2v) is 6.40. The van der Waals surface area contributed by atoms with Crippen LogP contribution in [-0.2, 0) is 0 Å². The number of nitrogens with zero attached hydrogens (tertiary/aromatic N) is 1. The molecular formula is C13H25NO2. The van der Waals surface area contributed by atoms with Crippen molar-refractivity contribution in [2.24, 2.45) is 5.92 Å². The minimum Gasteiger partial charge on any atom is -0.389 e. The van der Waals surface area contributed by atoms with Crippen LogP contribution < -0.4 is 0 Å². The van der Waals surface area contributed by atoms with Crippen molar-refractivity contribution in [3.05, 3.63) is 0 Å². The number of aliphatic hydroxyl groups is 2.